The standard InChI is InChI=1S/C27H30N4S2/c1-15-10-19(17(3)31(15)26-22(12-28)16(2)18(4)32-26)14-30-25-23(13-29)21-9-8-20(27(5,6)7)11-24(21)33-25/h10,14,20H,8-9,11H2,1-7H3/t20-/m0/s1. The first-order chi connectivity index (χ1) is 15.6. The fourth-order valence-corrected chi connectivity index (χ4v) is 7.21. The minimum absolute atomic E-state index is 0.274. The van der Waals surface area contributed by atoms with Gasteiger partial charge >= 0.3 is 0 Å². The molecule has 0 saturated heterocycles. The molecule has 0 aliphatic heterocycles. The van der Waals surface area contributed by atoms with Crippen LogP contribution in [-0.4, -0.2) is 10.8 Å². The lowest BCUT2D eigenvalue weighted by Gasteiger charge is -2.33. The van der Waals surface area contributed by atoms with Gasteiger partial charge in [-0.2, -0.15) is 10.5 Å². The predicted molar refractivity (Wildman–Crippen MR) is 139 cm³/mol. The highest BCUT2D eigenvalue weighted by molar-refractivity contribution is 7.16. The molecule has 6 heteroatoms. The van der Waals surface area contributed by atoms with E-state index in [0.29, 0.717) is 5.92 Å². The largest absolute Gasteiger partial charge is 0.308 e. The molecule has 4 rings (SSSR count). The lowest BCUT2D eigenvalue weighted by molar-refractivity contribution is 0.218. The molecule has 3 aromatic rings. The highest BCUT2D eigenvalue weighted by Gasteiger charge is 2.32. The summed E-state index contributed by atoms with van der Waals surface area (Å²) in [6.45, 7) is 15.1. The Bertz CT molecular complexity index is 1340. The van der Waals surface area contributed by atoms with E-state index >= 15 is 0 Å². The number of aliphatic imine (C=N–C) groups is 1. The van der Waals surface area contributed by atoms with Crippen LogP contribution in [0.3, 0.4) is 0 Å². The molecule has 170 valence electrons. The Morgan fingerprint density at radius 2 is 1.79 bits per heavy atom. The molecule has 33 heavy (non-hydrogen) atoms. The summed E-state index contributed by atoms with van der Waals surface area (Å²) in [6.07, 6.45) is 5.02. The van der Waals surface area contributed by atoms with E-state index in [4.69, 9.17) is 4.99 Å². The topological polar surface area (TPSA) is 64.9 Å². The Morgan fingerprint density at radius 3 is 2.42 bits per heavy atom. The molecule has 0 aromatic carbocycles. The molecule has 0 radical (unpaired) electrons. The Kier molecular flexibility index (Phi) is 6.12. The van der Waals surface area contributed by atoms with Gasteiger partial charge in [-0.05, 0) is 75.5 Å². The van der Waals surface area contributed by atoms with Crippen molar-refractivity contribution in [3.8, 4) is 17.1 Å². The predicted octanol–water partition coefficient (Wildman–Crippen LogP) is 7.48. The van der Waals surface area contributed by atoms with Gasteiger partial charge in [0.05, 0.1) is 11.1 Å². The Hall–Kier alpha value is -2.67. The van der Waals surface area contributed by atoms with E-state index in [0.717, 1.165) is 62.9 Å². The van der Waals surface area contributed by atoms with Gasteiger partial charge in [-0.3, -0.25) is 0 Å². The molecular weight excluding hydrogens is 444 g/mol. The lowest BCUT2D eigenvalue weighted by atomic mass is 9.72. The third kappa shape index (κ3) is 4.07. The van der Waals surface area contributed by atoms with Crippen molar-refractivity contribution in [1.29, 1.82) is 10.5 Å². The monoisotopic (exact) mass is 474 g/mol. The summed E-state index contributed by atoms with van der Waals surface area (Å²) >= 11 is 3.34. The van der Waals surface area contributed by atoms with Crippen molar-refractivity contribution in [1.82, 2.24) is 4.57 Å². The molecule has 1 aliphatic carbocycles. The summed E-state index contributed by atoms with van der Waals surface area (Å²) < 4.78 is 2.16. The SMILES string of the molecule is Cc1sc(-n2c(C)cc(C=Nc3sc4c(c3C#N)CC[C@H](C(C)(C)C)C4)c2C)c(C#N)c1C. The van der Waals surface area contributed by atoms with E-state index in [1.807, 2.05) is 13.1 Å². The Labute approximate surface area is 204 Å². The minimum atomic E-state index is 0.274. The summed E-state index contributed by atoms with van der Waals surface area (Å²) in [5.74, 6) is 0.637. The molecule has 0 N–H and O–H groups in total. The molecule has 0 saturated carbocycles. The van der Waals surface area contributed by atoms with Crippen LogP contribution in [0.25, 0.3) is 5.00 Å². The second-order valence-corrected chi connectivity index (χ2v) is 12.4. The van der Waals surface area contributed by atoms with Crippen LogP contribution in [0.1, 0.15) is 76.2 Å². The number of aromatic nitrogens is 1. The van der Waals surface area contributed by atoms with Gasteiger partial charge in [0.2, 0.25) is 0 Å². The normalized spacial score (nSPS) is 16.1. The average molecular weight is 475 g/mol. The van der Waals surface area contributed by atoms with Crippen LogP contribution in [0.15, 0.2) is 11.1 Å². The zero-order valence-corrected chi connectivity index (χ0v) is 22.1. The van der Waals surface area contributed by atoms with Crippen molar-refractivity contribution in [3.63, 3.8) is 0 Å². The van der Waals surface area contributed by atoms with Crippen molar-refractivity contribution in [3.05, 3.63) is 55.0 Å². The summed E-state index contributed by atoms with van der Waals surface area (Å²) in [7, 11) is 0. The number of nitrogens with zero attached hydrogens (tertiary/aromatic N) is 4. The molecule has 0 fully saturated rings. The van der Waals surface area contributed by atoms with Gasteiger partial charge in [0.15, 0.2) is 0 Å². The van der Waals surface area contributed by atoms with Crippen LogP contribution in [-0.2, 0) is 12.8 Å². The van der Waals surface area contributed by atoms with Gasteiger partial charge in [-0.25, -0.2) is 4.99 Å². The number of aryl methyl sites for hydroxylation is 2. The van der Waals surface area contributed by atoms with E-state index in [9.17, 15) is 10.5 Å². The number of hydrogen-bond acceptors (Lipinski definition) is 5. The molecule has 3 aromatic heterocycles. The molecule has 0 spiro atoms. The van der Waals surface area contributed by atoms with Crippen LogP contribution in [0, 0.1) is 61.7 Å². The molecule has 0 bridgehead atoms. The van der Waals surface area contributed by atoms with Gasteiger partial charge in [-0.15, -0.1) is 22.7 Å². The van der Waals surface area contributed by atoms with Crippen LogP contribution in [0.5, 0.6) is 0 Å². The quantitative estimate of drug-likeness (QED) is 0.369. The maximum absolute atomic E-state index is 9.87. The van der Waals surface area contributed by atoms with Crippen molar-refractivity contribution in [2.75, 3.05) is 0 Å². The third-order valence-electron chi connectivity index (χ3n) is 7.06. The van der Waals surface area contributed by atoms with Crippen LogP contribution in [0.4, 0.5) is 5.00 Å². The molecule has 0 unspecified atom stereocenters. The van der Waals surface area contributed by atoms with Crippen molar-refractivity contribution < 1.29 is 0 Å². The average Bonchev–Trinajstić information content (AvgIpc) is 3.35. The van der Waals surface area contributed by atoms with Crippen LogP contribution in [0.2, 0.25) is 0 Å². The summed E-state index contributed by atoms with van der Waals surface area (Å²) in [4.78, 5) is 7.31. The van der Waals surface area contributed by atoms with Crippen molar-refractivity contribution in [2.24, 2.45) is 16.3 Å². The number of fused-ring (bicyclic) bond motifs is 1. The second kappa shape index (κ2) is 8.60. The van der Waals surface area contributed by atoms with E-state index in [1.165, 1.54) is 15.3 Å². The number of hydrogen-bond donors (Lipinski definition) is 0. The van der Waals surface area contributed by atoms with Gasteiger partial charge in [-0.1, -0.05) is 20.8 Å². The highest BCUT2D eigenvalue weighted by Crippen LogP contribution is 2.45. The van der Waals surface area contributed by atoms with E-state index < -0.39 is 0 Å². The maximum atomic E-state index is 9.87. The van der Waals surface area contributed by atoms with Crippen molar-refractivity contribution in [2.45, 2.75) is 67.7 Å². The van der Waals surface area contributed by atoms with Crippen molar-refractivity contribution >= 4 is 33.9 Å². The van der Waals surface area contributed by atoms with E-state index in [2.05, 4.69) is 64.3 Å². The third-order valence-corrected chi connectivity index (χ3v) is 9.41. The summed E-state index contributed by atoms with van der Waals surface area (Å²) in [5, 5.41) is 21.4. The number of nitriles is 2. The second-order valence-electron chi connectivity index (χ2n) is 10.1. The molecule has 1 aliphatic rings. The van der Waals surface area contributed by atoms with Crippen LogP contribution < -0.4 is 0 Å². The lowest BCUT2D eigenvalue weighted by Crippen LogP contribution is -2.26. The first-order valence-electron chi connectivity index (χ1n) is 11.3. The highest BCUT2D eigenvalue weighted by atomic mass is 32.1. The number of rotatable bonds is 3. The molecule has 0 amide bonds. The van der Waals surface area contributed by atoms with Crippen LogP contribution >= 0.6 is 22.7 Å². The van der Waals surface area contributed by atoms with E-state index in [-0.39, 0.29) is 5.41 Å². The fourth-order valence-electron chi connectivity index (χ4n) is 4.77. The first-order valence-corrected chi connectivity index (χ1v) is 13.0. The van der Waals surface area contributed by atoms with Gasteiger partial charge in [0.25, 0.3) is 0 Å². The zero-order valence-electron chi connectivity index (χ0n) is 20.5. The van der Waals surface area contributed by atoms with Gasteiger partial charge in [0, 0.05) is 32.9 Å². The Morgan fingerprint density at radius 1 is 1.09 bits per heavy atom. The summed E-state index contributed by atoms with van der Waals surface area (Å²) in [6, 6.07) is 6.93. The molecule has 4 nitrogen and oxygen atoms in total. The first kappa shape index (κ1) is 23.5. The molecular formula is C27H30N4S2. The minimum Gasteiger partial charge on any atom is -0.308 e. The molecule has 1 atom stereocenters. The van der Waals surface area contributed by atoms with Gasteiger partial charge < -0.3 is 4.57 Å². The fraction of sp³-hybridized carbons (Fsp3) is 0.444. The molecule has 3 heterocycles. The summed E-state index contributed by atoms with van der Waals surface area (Å²) in [5.41, 5.74) is 7.18. The number of thiophene rings is 2. The smallest absolute Gasteiger partial charge is 0.134 e. The Balaban J connectivity index is 1.71. The maximum Gasteiger partial charge on any atom is 0.134 e. The zero-order chi connectivity index (χ0) is 24.1. The van der Waals surface area contributed by atoms with Gasteiger partial charge in [0.1, 0.15) is 22.1 Å². The van der Waals surface area contributed by atoms with E-state index in [1.54, 1.807) is 22.7 Å².